The third-order valence-electron chi connectivity index (χ3n) is 4.52. The number of carbonyl (C=O) groups excluding carboxylic acids is 1. The maximum absolute atomic E-state index is 12.4. The second-order valence-electron chi connectivity index (χ2n) is 6.19. The average Bonchev–Trinajstić information content (AvgIpc) is 3.16. The van der Waals surface area contributed by atoms with Crippen molar-refractivity contribution in [1.29, 1.82) is 0 Å². The summed E-state index contributed by atoms with van der Waals surface area (Å²) in [4.78, 5) is 12.4. The number of furan rings is 1. The molecule has 3 rings (SSSR count). The van der Waals surface area contributed by atoms with E-state index in [1.165, 1.54) is 0 Å². The summed E-state index contributed by atoms with van der Waals surface area (Å²) in [6.07, 6.45) is 4.67. The van der Waals surface area contributed by atoms with Gasteiger partial charge in [0, 0.05) is 17.5 Å². The summed E-state index contributed by atoms with van der Waals surface area (Å²) >= 11 is 0. The third kappa shape index (κ3) is 2.66. The van der Waals surface area contributed by atoms with Crippen LogP contribution < -0.4 is 5.32 Å². The van der Waals surface area contributed by atoms with Crippen molar-refractivity contribution in [3.63, 3.8) is 0 Å². The molecule has 22 heavy (non-hydrogen) atoms. The maximum Gasteiger partial charge on any atom is 0.287 e. The predicted octanol–water partition coefficient (Wildman–Crippen LogP) is 2.45. The summed E-state index contributed by atoms with van der Waals surface area (Å²) in [5, 5.41) is 12.7. The van der Waals surface area contributed by atoms with Gasteiger partial charge >= 0.3 is 0 Å². The molecule has 1 aliphatic rings. The highest BCUT2D eigenvalue weighted by Gasteiger charge is 2.29. The number of hydrogen-bond acceptors (Lipinski definition) is 3. The first-order chi connectivity index (χ1) is 10.6. The molecule has 0 bridgehead atoms. The van der Waals surface area contributed by atoms with Crippen molar-refractivity contribution in [3.05, 3.63) is 59.0 Å². The van der Waals surface area contributed by atoms with Gasteiger partial charge in [0.2, 0.25) is 0 Å². The van der Waals surface area contributed by atoms with Gasteiger partial charge in [-0.15, -0.1) is 0 Å². The van der Waals surface area contributed by atoms with Crippen LogP contribution in [0.5, 0.6) is 0 Å². The van der Waals surface area contributed by atoms with E-state index in [2.05, 4.69) is 5.32 Å². The highest BCUT2D eigenvalue weighted by atomic mass is 16.3. The van der Waals surface area contributed by atoms with Crippen LogP contribution in [0.4, 0.5) is 0 Å². The highest BCUT2D eigenvalue weighted by Crippen LogP contribution is 2.27. The Balaban J connectivity index is 1.72. The molecule has 2 aromatic rings. The summed E-state index contributed by atoms with van der Waals surface area (Å²) in [5.41, 5.74) is 2.69. The molecular weight excluding hydrogens is 278 g/mol. The van der Waals surface area contributed by atoms with Crippen LogP contribution in [0.15, 0.2) is 41.0 Å². The van der Waals surface area contributed by atoms with Gasteiger partial charge in [-0.3, -0.25) is 4.79 Å². The maximum atomic E-state index is 12.4. The lowest BCUT2D eigenvalue weighted by Crippen LogP contribution is -2.41. The first-order valence-electron chi connectivity index (χ1n) is 7.68. The molecular formula is C18H21NO3. The fraction of sp³-hybridized carbons (Fsp3) is 0.389. The number of rotatable bonds is 5. The van der Waals surface area contributed by atoms with Crippen molar-refractivity contribution < 1.29 is 14.3 Å². The Bertz CT molecular complexity index is 662. The second kappa shape index (κ2) is 5.97. The van der Waals surface area contributed by atoms with Crippen molar-refractivity contribution in [3.8, 4) is 0 Å². The Morgan fingerprint density at radius 1 is 1.32 bits per heavy atom. The molecule has 0 saturated heterocycles. The first-order valence-corrected chi connectivity index (χ1v) is 7.68. The number of hydrogen-bond donors (Lipinski definition) is 2. The minimum atomic E-state index is -0.507. The first kappa shape index (κ1) is 14.9. The number of aliphatic hydroxyl groups excluding tert-OH is 1. The number of nitrogens with one attached hydrogen (secondary N) is 1. The van der Waals surface area contributed by atoms with E-state index in [-0.39, 0.29) is 12.5 Å². The van der Waals surface area contributed by atoms with E-state index in [4.69, 9.17) is 4.42 Å². The Morgan fingerprint density at radius 3 is 2.82 bits per heavy atom. The van der Waals surface area contributed by atoms with E-state index in [1.54, 1.807) is 6.26 Å². The van der Waals surface area contributed by atoms with Crippen LogP contribution in [0.2, 0.25) is 0 Å². The van der Waals surface area contributed by atoms with Crippen molar-refractivity contribution >= 4 is 5.91 Å². The predicted molar refractivity (Wildman–Crippen MR) is 83.9 cm³/mol. The molecule has 116 valence electrons. The molecule has 4 heteroatoms. The van der Waals surface area contributed by atoms with E-state index in [1.807, 2.05) is 37.3 Å². The van der Waals surface area contributed by atoms with Gasteiger partial charge in [-0.1, -0.05) is 37.3 Å². The molecule has 4 nitrogen and oxygen atoms in total. The largest absolute Gasteiger partial charge is 0.459 e. The smallest absolute Gasteiger partial charge is 0.287 e. The van der Waals surface area contributed by atoms with Gasteiger partial charge in [0.1, 0.15) is 0 Å². The zero-order chi connectivity index (χ0) is 15.6. The van der Waals surface area contributed by atoms with Crippen molar-refractivity contribution in [2.45, 2.75) is 31.6 Å². The van der Waals surface area contributed by atoms with Gasteiger partial charge in [-0.25, -0.2) is 0 Å². The third-order valence-corrected chi connectivity index (χ3v) is 4.52. The van der Waals surface area contributed by atoms with Crippen molar-refractivity contribution in [2.75, 3.05) is 13.2 Å². The molecule has 1 amide bonds. The second-order valence-corrected chi connectivity index (χ2v) is 6.19. The van der Waals surface area contributed by atoms with Gasteiger partial charge < -0.3 is 14.8 Å². The number of aliphatic hydroxyl groups is 1. The SMILES string of the molecule is CC(CO)(CNC(=O)c1occ2c1CCC2)c1ccccc1. The summed E-state index contributed by atoms with van der Waals surface area (Å²) in [6.45, 7) is 2.27. The van der Waals surface area contributed by atoms with Gasteiger partial charge in [0.25, 0.3) is 5.91 Å². The highest BCUT2D eigenvalue weighted by molar-refractivity contribution is 5.93. The van der Waals surface area contributed by atoms with Gasteiger partial charge in [-0.05, 0) is 30.4 Å². The lowest BCUT2D eigenvalue weighted by molar-refractivity contribution is 0.0905. The molecule has 1 unspecified atom stereocenters. The van der Waals surface area contributed by atoms with Crippen LogP contribution >= 0.6 is 0 Å². The summed E-state index contributed by atoms with van der Waals surface area (Å²) in [5.74, 6) is 0.236. The number of amides is 1. The van der Waals surface area contributed by atoms with Crippen LogP contribution in [-0.4, -0.2) is 24.2 Å². The molecule has 0 aliphatic heterocycles. The summed E-state index contributed by atoms with van der Waals surface area (Å²) in [7, 11) is 0. The monoisotopic (exact) mass is 299 g/mol. The number of aryl methyl sites for hydroxylation is 1. The van der Waals surface area contributed by atoms with E-state index in [9.17, 15) is 9.90 Å². The van der Waals surface area contributed by atoms with Crippen molar-refractivity contribution in [1.82, 2.24) is 5.32 Å². The van der Waals surface area contributed by atoms with Crippen LogP contribution in [0.1, 0.15) is 40.6 Å². The molecule has 1 aromatic carbocycles. The molecule has 1 aliphatic carbocycles. The topological polar surface area (TPSA) is 62.5 Å². The number of benzene rings is 1. The molecule has 0 radical (unpaired) electrons. The van der Waals surface area contributed by atoms with Crippen LogP contribution in [-0.2, 0) is 18.3 Å². The number of carbonyl (C=O) groups is 1. The van der Waals surface area contributed by atoms with E-state index in [0.29, 0.717) is 12.3 Å². The molecule has 1 atom stereocenters. The number of fused-ring (bicyclic) bond motifs is 1. The standard InChI is InChI=1S/C18H21NO3/c1-18(12-20,14-7-3-2-4-8-14)11-19-17(21)16-15-9-5-6-13(15)10-22-16/h2-4,7-8,10,20H,5-6,9,11-12H2,1H3,(H,19,21). The van der Waals surface area contributed by atoms with Gasteiger partial charge in [0.15, 0.2) is 5.76 Å². The molecule has 1 heterocycles. The Labute approximate surface area is 130 Å². The zero-order valence-electron chi connectivity index (χ0n) is 12.8. The molecule has 0 spiro atoms. The Hall–Kier alpha value is -2.07. The van der Waals surface area contributed by atoms with E-state index < -0.39 is 5.41 Å². The quantitative estimate of drug-likeness (QED) is 0.891. The summed E-state index contributed by atoms with van der Waals surface area (Å²) in [6, 6.07) is 9.74. The molecule has 1 aromatic heterocycles. The molecule has 0 saturated carbocycles. The Morgan fingerprint density at radius 2 is 2.09 bits per heavy atom. The fourth-order valence-electron chi connectivity index (χ4n) is 2.99. The Kier molecular flexibility index (Phi) is 4.03. The average molecular weight is 299 g/mol. The van der Waals surface area contributed by atoms with Gasteiger partial charge in [-0.2, -0.15) is 0 Å². The lowest BCUT2D eigenvalue weighted by Gasteiger charge is -2.28. The fourth-order valence-corrected chi connectivity index (χ4v) is 2.99. The zero-order valence-corrected chi connectivity index (χ0v) is 12.8. The van der Waals surface area contributed by atoms with E-state index in [0.717, 1.165) is 36.0 Å². The van der Waals surface area contributed by atoms with Crippen LogP contribution in [0.3, 0.4) is 0 Å². The van der Waals surface area contributed by atoms with E-state index >= 15 is 0 Å². The van der Waals surface area contributed by atoms with Crippen LogP contribution in [0, 0.1) is 0 Å². The minimum Gasteiger partial charge on any atom is -0.459 e. The summed E-state index contributed by atoms with van der Waals surface area (Å²) < 4.78 is 5.43. The molecule has 2 N–H and O–H groups in total. The lowest BCUT2D eigenvalue weighted by atomic mass is 9.83. The normalized spacial score (nSPS) is 16.1. The van der Waals surface area contributed by atoms with Gasteiger partial charge in [0.05, 0.1) is 12.9 Å². The minimum absolute atomic E-state index is 0.0342. The van der Waals surface area contributed by atoms with Crippen LogP contribution in [0.25, 0.3) is 0 Å². The van der Waals surface area contributed by atoms with Crippen molar-refractivity contribution in [2.24, 2.45) is 0 Å². The molecule has 0 fully saturated rings.